The lowest BCUT2D eigenvalue weighted by Gasteiger charge is -2.14. The van der Waals surface area contributed by atoms with Crippen molar-refractivity contribution in [2.24, 2.45) is 5.73 Å². The molecule has 0 radical (unpaired) electrons. The number of nitrogens with zero attached hydrogens (tertiary/aromatic N) is 2. The van der Waals surface area contributed by atoms with Crippen LogP contribution >= 0.6 is 11.3 Å². The fraction of sp³-hybridized carbons (Fsp3) is 0.385. The third-order valence-electron chi connectivity index (χ3n) is 2.60. The van der Waals surface area contributed by atoms with Gasteiger partial charge in [0.2, 0.25) is 0 Å². The van der Waals surface area contributed by atoms with Crippen molar-refractivity contribution >= 4 is 11.3 Å². The van der Waals surface area contributed by atoms with Crippen molar-refractivity contribution in [2.45, 2.75) is 32.2 Å². The van der Waals surface area contributed by atoms with E-state index in [-0.39, 0.29) is 11.5 Å². The zero-order valence-electron chi connectivity index (χ0n) is 10.3. The Labute approximate surface area is 106 Å². The van der Waals surface area contributed by atoms with E-state index in [4.69, 9.17) is 5.73 Å². The molecule has 0 fully saturated rings. The van der Waals surface area contributed by atoms with Gasteiger partial charge in [0, 0.05) is 23.2 Å². The number of nitrogens with two attached hydrogens (primary N) is 1. The minimum atomic E-state index is -0.176. The predicted octanol–water partition coefficient (Wildman–Crippen LogP) is 2.88. The Morgan fingerprint density at radius 1 is 1.35 bits per heavy atom. The molecule has 2 heterocycles. The van der Waals surface area contributed by atoms with Crippen LogP contribution in [0.1, 0.15) is 43.1 Å². The topological polar surface area (TPSA) is 51.8 Å². The SMILES string of the molecule is CC(C)(C)c1csc(C(N)c2cccnc2)n1. The molecule has 1 unspecified atom stereocenters. The Balaban J connectivity index is 2.27. The van der Waals surface area contributed by atoms with Crippen molar-refractivity contribution in [3.05, 3.63) is 46.2 Å². The van der Waals surface area contributed by atoms with Gasteiger partial charge in [-0.2, -0.15) is 0 Å². The summed E-state index contributed by atoms with van der Waals surface area (Å²) in [5, 5.41) is 3.04. The van der Waals surface area contributed by atoms with Crippen LogP contribution in [0.25, 0.3) is 0 Å². The highest BCUT2D eigenvalue weighted by molar-refractivity contribution is 7.09. The summed E-state index contributed by atoms with van der Waals surface area (Å²) in [7, 11) is 0. The molecule has 0 bridgehead atoms. The zero-order chi connectivity index (χ0) is 12.5. The van der Waals surface area contributed by atoms with Crippen molar-refractivity contribution < 1.29 is 0 Å². The average molecular weight is 247 g/mol. The van der Waals surface area contributed by atoms with Gasteiger partial charge in [-0.05, 0) is 11.6 Å². The first kappa shape index (κ1) is 12.2. The van der Waals surface area contributed by atoms with Crippen LogP contribution in [-0.4, -0.2) is 9.97 Å². The molecule has 0 aromatic carbocycles. The molecule has 4 heteroatoms. The Morgan fingerprint density at radius 3 is 2.65 bits per heavy atom. The Kier molecular flexibility index (Phi) is 3.26. The molecule has 0 aliphatic heterocycles. The molecule has 0 aliphatic carbocycles. The number of pyridine rings is 1. The van der Waals surface area contributed by atoms with Crippen molar-refractivity contribution in [1.29, 1.82) is 0 Å². The lowest BCUT2D eigenvalue weighted by molar-refractivity contribution is 0.569. The summed E-state index contributed by atoms with van der Waals surface area (Å²) in [4.78, 5) is 8.71. The summed E-state index contributed by atoms with van der Waals surface area (Å²) < 4.78 is 0. The highest BCUT2D eigenvalue weighted by Crippen LogP contribution is 2.28. The molecule has 2 aromatic heterocycles. The maximum Gasteiger partial charge on any atom is 0.114 e. The third-order valence-corrected chi connectivity index (χ3v) is 3.53. The molecule has 17 heavy (non-hydrogen) atoms. The molecule has 2 rings (SSSR count). The van der Waals surface area contributed by atoms with Gasteiger partial charge in [-0.3, -0.25) is 4.98 Å². The molecule has 0 spiro atoms. The van der Waals surface area contributed by atoms with Crippen LogP contribution in [0.2, 0.25) is 0 Å². The van der Waals surface area contributed by atoms with E-state index >= 15 is 0 Å². The van der Waals surface area contributed by atoms with E-state index in [0.29, 0.717) is 0 Å². The highest BCUT2D eigenvalue weighted by Gasteiger charge is 2.20. The lowest BCUT2D eigenvalue weighted by Crippen LogP contribution is -2.15. The van der Waals surface area contributed by atoms with Crippen LogP contribution in [0.15, 0.2) is 29.9 Å². The van der Waals surface area contributed by atoms with Crippen molar-refractivity contribution in [3.8, 4) is 0 Å². The molecule has 3 nitrogen and oxygen atoms in total. The fourth-order valence-corrected chi connectivity index (χ4v) is 2.55. The van der Waals surface area contributed by atoms with E-state index in [9.17, 15) is 0 Å². The van der Waals surface area contributed by atoms with Gasteiger partial charge in [-0.15, -0.1) is 11.3 Å². The molecule has 0 saturated carbocycles. The lowest BCUT2D eigenvalue weighted by atomic mass is 9.93. The van der Waals surface area contributed by atoms with Gasteiger partial charge in [-0.1, -0.05) is 26.8 Å². The van der Waals surface area contributed by atoms with Crippen LogP contribution in [0.4, 0.5) is 0 Å². The quantitative estimate of drug-likeness (QED) is 0.887. The molecule has 2 N–H and O–H groups in total. The molecule has 0 aliphatic rings. The Hall–Kier alpha value is -1.26. The van der Waals surface area contributed by atoms with Crippen molar-refractivity contribution in [3.63, 3.8) is 0 Å². The molecule has 2 aromatic rings. The minimum absolute atomic E-state index is 0.0728. The van der Waals surface area contributed by atoms with Crippen molar-refractivity contribution in [2.75, 3.05) is 0 Å². The van der Waals surface area contributed by atoms with Gasteiger partial charge in [0.1, 0.15) is 5.01 Å². The molecule has 0 saturated heterocycles. The van der Waals surface area contributed by atoms with Crippen LogP contribution in [0.3, 0.4) is 0 Å². The van der Waals surface area contributed by atoms with Crippen molar-refractivity contribution in [1.82, 2.24) is 9.97 Å². The summed E-state index contributed by atoms with van der Waals surface area (Å²) in [5.41, 5.74) is 8.35. The molecule has 1 atom stereocenters. The van der Waals surface area contributed by atoms with Crippen LogP contribution in [0, 0.1) is 0 Å². The number of hydrogen-bond donors (Lipinski definition) is 1. The number of thiazole rings is 1. The summed E-state index contributed by atoms with van der Waals surface area (Å²) in [6, 6.07) is 3.70. The summed E-state index contributed by atoms with van der Waals surface area (Å²) in [5.74, 6) is 0. The third kappa shape index (κ3) is 2.70. The van der Waals surface area contributed by atoms with E-state index in [0.717, 1.165) is 16.3 Å². The van der Waals surface area contributed by atoms with E-state index in [1.165, 1.54) is 0 Å². The van der Waals surface area contributed by atoms with Crippen LogP contribution in [-0.2, 0) is 5.41 Å². The fourth-order valence-electron chi connectivity index (χ4n) is 1.48. The highest BCUT2D eigenvalue weighted by atomic mass is 32.1. The molecular weight excluding hydrogens is 230 g/mol. The Bertz CT molecular complexity index is 485. The number of aromatic nitrogens is 2. The van der Waals surface area contributed by atoms with Gasteiger partial charge >= 0.3 is 0 Å². The van der Waals surface area contributed by atoms with E-state index < -0.39 is 0 Å². The van der Waals surface area contributed by atoms with Crippen LogP contribution in [0.5, 0.6) is 0 Å². The first-order valence-electron chi connectivity index (χ1n) is 5.60. The predicted molar refractivity (Wildman–Crippen MR) is 71.1 cm³/mol. The number of hydrogen-bond acceptors (Lipinski definition) is 4. The monoisotopic (exact) mass is 247 g/mol. The van der Waals surface area contributed by atoms with Gasteiger partial charge in [0.15, 0.2) is 0 Å². The van der Waals surface area contributed by atoms with E-state index in [1.807, 2.05) is 12.1 Å². The second-order valence-electron chi connectivity index (χ2n) is 5.09. The standard InChI is InChI=1S/C13H17N3S/c1-13(2,3)10-8-17-12(16-10)11(14)9-5-4-6-15-7-9/h4-8,11H,14H2,1-3H3. The van der Waals surface area contributed by atoms with E-state index in [1.54, 1.807) is 23.7 Å². The average Bonchev–Trinajstić information content (AvgIpc) is 2.78. The molecule has 0 amide bonds. The normalized spacial score (nSPS) is 13.6. The van der Waals surface area contributed by atoms with Crippen LogP contribution < -0.4 is 5.73 Å². The summed E-state index contributed by atoms with van der Waals surface area (Å²) in [6.45, 7) is 6.46. The van der Waals surface area contributed by atoms with Gasteiger partial charge in [0.25, 0.3) is 0 Å². The number of rotatable bonds is 2. The van der Waals surface area contributed by atoms with Gasteiger partial charge in [-0.25, -0.2) is 4.98 Å². The smallest absolute Gasteiger partial charge is 0.114 e. The zero-order valence-corrected chi connectivity index (χ0v) is 11.2. The second-order valence-corrected chi connectivity index (χ2v) is 5.97. The maximum atomic E-state index is 6.18. The second kappa shape index (κ2) is 4.55. The Morgan fingerprint density at radius 2 is 2.12 bits per heavy atom. The summed E-state index contributed by atoms with van der Waals surface area (Å²) >= 11 is 1.62. The first-order chi connectivity index (χ1) is 7.98. The summed E-state index contributed by atoms with van der Waals surface area (Å²) in [6.07, 6.45) is 3.54. The van der Waals surface area contributed by atoms with Gasteiger partial charge in [0.05, 0.1) is 11.7 Å². The minimum Gasteiger partial charge on any atom is -0.318 e. The molecular formula is C13H17N3S. The molecule has 90 valence electrons. The largest absolute Gasteiger partial charge is 0.318 e. The van der Waals surface area contributed by atoms with Gasteiger partial charge < -0.3 is 5.73 Å². The van der Waals surface area contributed by atoms with E-state index in [2.05, 4.69) is 36.1 Å². The first-order valence-corrected chi connectivity index (χ1v) is 6.48. The maximum absolute atomic E-state index is 6.18.